The van der Waals surface area contributed by atoms with E-state index in [-0.39, 0.29) is 25.0 Å². The first-order valence-corrected chi connectivity index (χ1v) is 12.3. The lowest BCUT2D eigenvalue weighted by Gasteiger charge is -2.63. The number of phosphoric ester groups is 1. The number of carbonyl (C=O) groups excluding carboxylic acids is 2. The minimum atomic E-state index is -5.67. The zero-order chi connectivity index (χ0) is 23.9. The second-order valence-electron chi connectivity index (χ2n) is 10.3. The van der Waals surface area contributed by atoms with Gasteiger partial charge in [0, 0.05) is 16.7 Å². The number of rotatable bonds is 4. The molecule has 0 unspecified atom stereocenters. The van der Waals surface area contributed by atoms with Gasteiger partial charge in [-0.25, -0.2) is 4.39 Å². The van der Waals surface area contributed by atoms with Crippen molar-refractivity contribution >= 4 is 19.4 Å². The molecular formula is C22H28FO8P-2. The molecule has 2 N–H and O–H groups in total. The molecule has 8 nitrogen and oxygen atoms in total. The van der Waals surface area contributed by atoms with E-state index in [1.807, 2.05) is 0 Å². The van der Waals surface area contributed by atoms with Crippen molar-refractivity contribution in [3.63, 3.8) is 0 Å². The van der Waals surface area contributed by atoms with Gasteiger partial charge in [-0.2, -0.15) is 0 Å². The molecular weight excluding hydrogens is 442 g/mol. The predicted molar refractivity (Wildman–Crippen MR) is 106 cm³/mol. The summed E-state index contributed by atoms with van der Waals surface area (Å²) in [6.07, 6.45) is 3.08. The second-order valence-corrected chi connectivity index (χ2v) is 11.3. The van der Waals surface area contributed by atoms with Crippen molar-refractivity contribution in [1.82, 2.24) is 0 Å². The molecule has 32 heavy (non-hydrogen) atoms. The monoisotopic (exact) mass is 470 g/mol. The smallest absolute Gasteiger partial charge is 0.191 e. The maximum atomic E-state index is 17.1. The normalized spacial score (nSPS) is 48.0. The number of alkyl halides is 1. The summed E-state index contributed by atoms with van der Waals surface area (Å²) in [5, 5.41) is 20.9. The van der Waals surface area contributed by atoms with Gasteiger partial charge in [0.2, 0.25) is 0 Å². The molecule has 3 fully saturated rings. The third-order valence-corrected chi connectivity index (χ3v) is 9.51. The summed E-state index contributed by atoms with van der Waals surface area (Å²) >= 11 is 0. The number of carbonyl (C=O) groups is 2. The fraction of sp³-hybridized carbons (Fsp3) is 0.727. The summed E-state index contributed by atoms with van der Waals surface area (Å²) in [6.45, 7) is 3.68. The highest BCUT2D eigenvalue weighted by Crippen LogP contribution is 2.72. The van der Waals surface area contributed by atoms with Gasteiger partial charge in [-0.15, -0.1) is 0 Å². The number of allylic oxidation sites excluding steroid dienone is 4. The molecule has 3 saturated carbocycles. The lowest BCUT2D eigenvalue weighted by molar-refractivity contribution is -0.354. The van der Waals surface area contributed by atoms with Crippen LogP contribution in [0.15, 0.2) is 23.8 Å². The molecule has 8 atom stereocenters. The van der Waals surface area contributed by atoms with Crippen molar-refractivity contribution in [3.8, 4) is 0 Å². The molecule has 0 aromatic heterocycles. The maximum absolute atomic E-state index is 17.1. The van der Waals surface area contributed by atoms with E-state index < -0.39 is 66.2 Å². The third kappa shape index (κ3) is 2.82. The van der Waals surface area contributed by atoms with Gasteiger partial charge in [0.1, 0.15) is 12.2 Å². The van der Waals surface area contributed by atoms with Crippen molar-refractivity contribution < 1.29 is 43.1 Å². The highest BCUT2D eigenvalue weighted by molar-refractivity contribution is 7.43. The van der Waals surface area contributed by atoms with Crippen LogP contribution in [0.2, 0.25) is 0 Å². The van der Waals surface area contributed by atoms with Crippen LogP contribution in [0.3, 0.4) is 0 Å². The lowest BCUT2D eigenvalue weighted by atomic mass is 9.44. The molecule has 0 amide bonds. The SMILES string of the molecule is C[C@H]1C[C@H]2[C@@H]3CCC4=CC(=O)C=C[C@]4(C)[C@@]3(F)[C@@H](O)C[C@]2(C)[C@@]1(OP(=O)([O-])[O-])C(=O)CO. The van der Waals surface area contributed by atoms with E-state index in [1.165, 1.54) is 18.2 Å². The molecule has 0 saturated heterocycles. The summed E-state index contributed by atoms with van der Waals surface area (Å²) in [6, 6.07) is 0. The van der Waals surface area contributed by atoms with Gasteiger partial charge in [0.15, 0.2) is 17.2 Å². The molecule has 4 aliphatic carbocycles. The molecule has 0 bridgehead atoms. The van der Waals surface area contributed by atoms with Gasteiger partial charge < -0.3 is 29.1 Å². The molecule has 0 aromatic carbocycles. The first-order valence-electron chi connectivity index (χ1n) is 10.9. The van der Waals surface area contributed by atoms with E-state index in [9.17, 15) is 34.2 Å². The van der Waals surface area contributed by atoms with E-state index in [1.54, 1.807) is 20.8 Å². The Morgan fingerprint density at radius 1 is 1.34 bits per heavy atom. The Bertz CT molecular complexity index is 973. The molecule has 4 rings (SSSR count). The largest absolute Gasteiger partial charge is 0.790 e. The van der Waals surface area contributed by atoms with Crippen molar-refractivity contribution in [2.24, 2.45) is 28.6 Å². The molecule has 0 heterocycles. The van der Waals surface area contributed by atoms with E-state index in [4.69, 9.17) is 4.52 Å². The maximum Gasteiger partial charge on any atom is 0.191 e. The average molecular weight is 470 g/mol. The highest BCUT2D eigenvalue weighted by atomic mass is 31.2. The second kappa shape index (κ2) is 7.14. The lowest BCUT2D eigenvalue weighted by Crippen LogP contribution is -2.70. The van der Waals surface area contributed by atoms with Gasteiger partial charge in [-0.1, -0.05) is 25.5 Å². The minimum absolute atomic E-state index is 0.184. The van der Waals surface area contributed by atoms with Crippen molar-refractivity contribution in [3.05, 3.63) is 23.8 Å². The Morgan fingerprint density at radius 2 is 2.00 bits per heavy atom. The first kappa shape index (κ1) is 23.9. The quantitative estimate of drug-likeness (QED) is 0.572. The molecule has 10 heteroatoms. The number of hydrogen-bond donors (Lipinski definition) is 2. The van der Waals surface area contributed by atoms with Crippen LogP contribution in [0.5, 0.6) is 0 Å². The minimum Gasteiger partial charge on any atom is -0.790 e. The van der Waals surface area contributed by atoms with E-state index in [2.05, 4.69) is 0 Å². The summed E-state index contributed by atoms with van der Waals surface area (Å²) in [5.74, 6) is -3.40. The van der Waals surface area contributed by atoms with Crippen LogP contribution in [0.25, 0.3) is 0 Å². The van der Waals surface area contributed by atoms with Gasteiger partial charge in [-0.05, 0) is 56.6 Å². The van der Waals surface area contributed by atoms with Crippen LogP contribution in [0.4, 0.5) is 4.39 Å². The number of aliphatic hydroxyl groups is 2. The third-order valence-electron chi connectivity index (χ3n) is 8.99. The van der Waals surface area contributed by atoms with Gasteiger partial charge in [0.05, 0.1) is 13.9 Å². The van der Waals surface area contributed by atoms with Crippen LogP contribution in [0.1, 0.15) is 46.5 Å². The Balaban J connectivity index is 1.87. The predicted octanol–water partition coefficient (Wildman–Crippen LogP) is 0.749. The zero-order valence-electron chi connectivity index (χ0n) is 18.2. The number of phosphoric acid groups is 1. The molecule has 0 aromatic rings. The molecule has 4 aliphatic rings. The van der Waals surface area contributed by atoms with Crippen LogP contribution < -0.4 is 9.79 Å². The Kier molecular flexibility index (Phi) is 5.34. The number of ketones is 2. The molecule has 0 aliphatic heterocycles. The fourth-order valence-corrected chi connectivity index (χ4v) is 8.51. The number of Topliss-reactive ketones (excluding diaryl/α,β-unsaturated/α-hetero) is 1. The van der Waals surface area contributed by atoms with Crippen molar-refractivity contribution in [1.29, 1.82) is 0 Å². The van der Waals surface area contributed by atoms with Crippen LogP contribution in [-0.2, 0) is 18.7 Å². The number of aliphatic hydroxyl groups excluding tert-OH is 2. The Morgan fingerprint density at radius 3 is 2.59 bits per heavy atom. The number of hydrogen-bond acceptors (Lipinski definition) is 8. The van der Waals surface area contributed by atoms with E-state index in [0.717, 1.165) is 0 Å². The van der Waals surface area contributed by atoms with E-state index in [0.29, 0.717) is 12.0 Å². The molecule has 0 spiro atoms. The summed E-state index contributed by atoms with van der Waals surface area (Å²) < 4.78 is 33.7. The van der Waals surface area contributed by atoms with Crippen LogP contribution in [-0.4, -0.2) is 45.8 Å². The molecule has 0 radical (unpaired) electrons. The summed E-state index contributed by atoms with van der Waals surface area (Å²) in [4.78, 5) is 48.3. The van der Waals surface area contributed by atoms with Gasteiger partial charge >= 0.3 is 0 Å². The first-order chi connectivity index (χ1) is 14.7. The highest BCUT2D eigenvalue weighted by Gasteiger charge is 2.76. The van der Waals surface area contributed by atoms with E-state index >= 15 is 4.39 Å². The van der Waals surface area contributed by atoms with Crippen LogP contribution in [0, 0.1) is 28.6 Å². The van der Waals surface area contributed by atoms with Crippen LogP contribution >= 0.6 is 7.82 Å². The fourth-order valence-electron chi connectivity index (χ4n) is 7.66. The summed E-state index contributed by atoms with van der Waals surface area (Å²) in [5.41, 5.74) is -6.41. The Hall–Kier alpha value is -1.22. The average Bonchev–Trinajstić information content (AvgIpc) is 2.90. The Labute approximate surface area is 185 Å². The topological polar surface area (TPSA) is 147 Å². The van der Waals surface area contributed by atoms with Crippen molar-refractivity contribution in [2.45, 2.75) is 63.8 Å². The van der Waals surface area contributed by atoms with Gasteiger partial charge in [0.25, 0.3) is 0 Å². The van der Waals surface area contributed by atoms with Gasteiger partial charge in [-0.3, -0.25) is 9.59 Å². The summed E-state index contributed by atoms with van der Waals surface area (Å²) in [7, 11) is -5.67. The number of halogens is 1. The number of fused-ring (bicyclic) bond motifs is 5. The zero-order valence-corrected chi connectivity index (χ0v) is 19.1. The molecule has 178 valence electrons. The standard InChI is InChI=1S/C22H30FO8P/c1-12-8-16-15-5-4-13-9-14(25)6-7-19(13,2)21(15,23)17(26)10-20(16,3)22(12,18(27)11-24)31-32(28,29)30/h6-7,9,12,15-17,24,26H,4-5,8,10-11H2,1-3H3,(H2,28,29,30)/p-2/t12-,15-,16-,17-,19-,20-,21-,22-/m0/s1. The van der Waals surface area contributed by atoms with Crippen molar-refractivity contribution in [2.75, 3.05) is 6.61 Å².